The molecular formula is C13H20N2O4S. The van der Waals surface area contributed by atoms with E-state index in [9.17, 15) is 13.2 Å². The van der Waals surface area contributed by atoms with E-state index in [1.165, 1.54) is 6.07 Å². The van der Waals surface area contributed by atoms with E-state index in [-0.39, 0.29) is 10.8 Å². The highest BCUT2D eigenvalue weighted by Crippen LogP contribution is 2.26. The van der Waals surface area contributed by atoms with E-state index in [0.29, 0.717) is 30.8 Å². The van der Waals surface area contributed by atoms with Crippen molar-refractivity contribution >= 4 is 15.9 Å². The number of rotatable bonds is 6. The minimum atomic E-state index is -3.72. The van der Waals surface area contributed by atoms with Crippen molar-refractivity contribution < 1.29 is 17.9 Å². The van der Waals surface area contributed by atoms with E-state index in [1.807, 2.05) is 0 Å². The lowest BCUT2D eigenvalue weighted by molar-refractivity contribution is -0.120. The van der Waals surface area contributed by atoms with Crippen LogP contribution in [0.1, 0.15) is 24.0 Å². The monoisotopic (exact) mass is 300 g/mol. The fourth-order valence-electron chi connectivity index (χ4n) is 1.78. The molecule has 1 amide bonds. The van der Waals surface area contributed by atoms with E-state index >= 15 is 0 Å². The summed E-state index contributed by atoms with van der Waals surface area (Å²) in [5, 5.41) is 7.67. The summed E-state index contributed by atoms with van der Waals surface area (Å²) in [7, 11) is -2.14. The Kier molecular flexibility index (Phi) is 5.52. The maximum atomic E-state index is 11.4. The molecule has 1 aromatic carbocycles. The normalized spacial score (nSPS) is 11.2. The minimum Gasteiger partial charge on any atom is -0.493 e. The van der Waals surface area contributed by atoms with Crippen molar-refractivity contribution in [2.75, 3.05) is 13.7 Å². The molecule has 0 radical (unpaired) electrons. The van der Waals surface area contributed by atoms with Crippen molar-refractivity contribution in [1.82, 2.24) is 5.32 Å². The number of sulfonamides is 1. The first kappa shape index (κ1) is 16.5. The van der Waals surface area contributed by atoms with Crippen LogP contribution in [0.25, 0.3) is 0 Å². The zero-order valence-electron chi connectivity index (χ0n) is 11.9. The zero-order chi connectivity index (χ0) is 15.3. The molecule has 20 heavy (non-hydrogen) atoms. The number of amides is 1. The number of carbonyl (C=O) groups is 1. The number of nitrogens with two attached hydrogens (primary N) is 1. The van der Waals surface area contributed by atoms with Crippen molar-refractivity contribution in [1.29, 1.82) is 0 Å². The minimum absolute atomic E-state index is 0.0360. The molecule has 1 rings (SSSR count). The molecule has 112 valence electrons. The maximum absolute atomic E-state index is 11.4. The second-order valence-corrected chi connectivity index (χ2v) is 6.01. The third kappa shape index (κ3) is 4.21. The average Bonchev–Trinajstić information content (AvgIpc) is 2.37. The predicted molar refractivity (Wildman–Crippen MR) is 76.1 cm³/mol. The Hall–Kier alpha value is -1.60. The van der Waals surface area contributed by atoms with Gasteiger partial charge in [-0.25, -0.2) is 13.6 Å². The number of carbonyl (C=O) groups excluding carboxylic acids is 1. The highest BCUT2D eigenvalue weighted by Gasteiger charge is 2.15. The molecule has 0 atom stereocenters. The second kappa shape index (κ2) is 6.71. The summed E-state index contributed by atoms with van der Waals surface area (Å²) in [6.45, 7) is 3.85. The number of primary sulfonamides is 1. The van der Waals surface area contributed by atoms with Gasteiger partial charge in [0.05, 0.1) is 11.5 Å². The Bertz CT molecular complexity index is 597. The molecule has 3 N–H and O–H groups in total. The lowest BCUT2D eigenvalue weighted by Gasteiger charge is -2.13. The van der Waals surface area contributed by atoms with E-state index in [0.717, 1.165) is 5.56 Å². The van der Waals surface area contributed by atoms with Gasteiger partial charge in [0.15, 0.2) is 0 Å². The van der Waals surface area contributed by atoms with E-state index < -0.39 is 10.0 Å². The largest absolute Gasteiger partial charge is 0.493 e. The molecule has 0 saturated carbocycles. The van der Waals surface area contributed by atoms with Crippen molar-refractivity contribution in [3.05, 3.63) is 23.3 Å². The van der Waals surface area contributed by atoms with Crippen LogP contribution in [0.2, 0.25) is 0 Å². The molecule has 0 fully saturated rings. The molecule has 0 spiro atoms. The van der Waals surface area contributed by atoms with Gasteiger partial charge in [0.25, 0.3) is 0 Å². The fraction of sp³-hybridized carbons (Fsp3) is 0.462. The molecular weight excluding hydrogens is 280 g/mol. The van der Waals surface area contributed by atoms with Crippen LogP contribution in [0, 0.1) is 13.8 Å². The quantitative estimate of drug-likeness (QED) is 0.761. The third-order valence-corrected chi connectivity index (χ3v) is 4.13. The summed E-state index contributed by atoms with van der Waals surface area (Å²) in [4.78, 5) is 11.2. The molecule has 0 unspecified atom stereocenters. The number of benzene rings is 1. The molecule has 0 aliphatic carbocycles. The molecule has 0 bridgehead atoms. The number of hydrogen-bond donors (Lipinski definition) is 2. The van der Waals surface area contributed by atoms with Crippen molar-refractivity contribution in [2.24, 2.45) is 5.14 Å². The molecule has 0 saturated heterocycles. The molecule has 1 aromatic rings. The van der Waals surface area contributed by atoms with Crippen LogP contribution < -0.4 is 15.2 Å². The van der Waals surface area contributed by atoms with Gasteiger partial charge in [0, 0.05) is 13.5 Å². The van der Waals surface area contributed by atoms with Gasteiger partial charge in [0.1, 0.15) is 5.75 Å². The van der Waals surface area contributed by atoms with Crippen LogP contribution >= 0.6 is 0 Å². The summed E-state index contributed by atoms with van der Waals surface area (Å²) < 4.78 is 28.3. The van der Waals surface area contributed by atoms with E-state index in [1.54, 1.807) is 27.0 Å². The number of ether oxygens (including phenoxy) is 1. The van der Waals surface area contributed by atoms with Crippen LogP contribution in [0.3, 0.4) is 0 Å². The van der Waals surface area contributed by atoms with Crippen molar-refractivity contribution in [3.8, 4) is 5.75 Å². The summed E-state index contributed by atoms with van der Waals surface area (Å²) in [6, 6.07) is 3.02. The molecule has 0 heterocycles. The average molecular weight is 300 g/mol. The molecule has 0 aromatic heterocycles. The Labute approximate surface area is 119 Å². The zero-order valence-corrected chi connectivity index (χ0v) is 12.7. The first-order chi connectivity index (χ1) is 9.27. The third-order valence-electron chi connectivity index (χ3n) is 3.08. The van der Waals surface area contributed by atoms with Crippen LogP contribution in [0.5, 0.6) is 5.75 Å². The van der Waals surface area contributed by atoms with Gasteiger partial charge >= 0.3 is 0 Å². The number of hydrogen-bond acceptors (Lipinski definition) is 4. The summed E-state index contributed by atoms with van der Waals surface area (Å²) in [6.07, 6.45) is 0.985. The van der Waals surface area contributed by atoms with Crippen molar-refractivity contribution in [2.45, 2.75) is 31.6 Å². The smallest absolute Gasteiger partial charge is 0.238 e. The highest BCUT2D eigenvalue weighted by atomic mass is 32.2. The first-order valence-electron chi connectivity index (χ1n) is 6.23. The molecule has 0 aliphatic heterocycles. The topological polar surface area (TPSA) is 98.5 Å². The van der Waals surface area contributed by atoms with Crippen molar-refractivity contribution in [3.63, 3.8) is 0 Å². The number of nitrogens with one attached hydrogen (secondary N) is 1. The first-order valence-corrected chi connectivity index (χ1v) is 7.78. The summed E-state index contributed by atoms with van der Waals surface area (Å²) in [5.41, 5.74) is 1.31. The highest BCUT2D eigenvalue weighted by molar-refractivity contribution is 7.89. The SMILES string of the molecule is CNC(=O)CCCOc1ccc(S(N)(=O)=O)c(C)c1C. The van der Waals surface area contributed by atoms with Gasteiger partial charge in [-0.15, -0.1) is 0 Å². The van der Waals surface area contributed by atoms with Crippen LogP contribution in [0.15, 0.2) is 17.0 Å². The second-order valence-electron chi connectivity index (χ2n) is 4.48. The van der Waals surface area contributed by atoms with E-state index in [2.05, 4.69) is 5.32 Å². The van der Waals surface area contributed by atoms with Crippen LogP contribution in [0.4, 0.5) is 0 Å². The van der Waals surface area contributed by atoms with Gasteiger partial charge in [0.2, 0.25) is 15.9 Å². The standard InChI is InChI=1S/C13H20N2O4S/c1-9-10(2)12(20(14,17)18)7-6-11(9)19-8-4-5-13(16)15-3/h6-7H,4-5,8H2,1-3H3,(H,15,16)(H2,14,17,18). The van der Waals surface area contributed by atoms with Gasteiger partial charge in [-0.2, -0.15) is 0 Å². The summed E-state index contributed by atoms with van der Waals surface area (Å²) in [5.74, 6) is 0.567. The maximum Gasteiger partial charge on any atom is 0.238 e. The van der Waals surface area contributed by atoms with Gasteiger partial charge in [-0.05, 0) is 43.5 Å². The Morgan fingerprint density at radius 2 is 1.95 bits per heavy atom. The predicted octanol–water partition coefficient (Wildman–Crippen LogP) is 0.856. The summed E-state index contributed by atoms with van der Waals surface area (Å²) >= 11 is 0. The molecule has 7 heteroatoms. The lowest BCUT2D eigenvalue weighted by atomic mass is 10.1. The van der Waals surface area contributed by atoms with Gasteiger partial charge in [-0.1, -0.05) is 0 Å². The molecule has 0 aliphatic rings. The lowest BCUT2D eigenvalue weighted by Crippen LogP contribution is -2.18. The molecule has 6 nitrogen and oxygen atoms in total. The van der Waals surface area contributed by atoms with Crippen LogP contribution in [-0.4, -0.2) is 28.0 Å². The Balaban J connectivity index is 2.74. The van der Waals surface area contributed by atoms with Gasteiger partial charge < -0.3 is 10.1 Å². The fourth-order valence-corrected chi connectivity index (χ4v) is 2.61. The Morgan fingerprint density at radius 3 is 2.50 bits per heavy atom. The van der Waals surface area contributed by atoms with Gasteiger partial charge in [-0.3, -0.25) is 4.79 Å². The van der Waals surface area contributed by atoms with Crippen LogP contribution in [-0.2, 0) is 14.8 Å². The Morgan fingerprint density at radius 1 is 1.30 bits per heavy atom. The van der Waals surface area contributed by atoms with E-state index in [4.69, 9.17) is 9.88 Å².